The van der Waals surface area contributed by atoms with Crippen molar-refractivity contribution >= 4 is 0 Å². The SMILES string of the molecule is Cc1cccc(OCc2n[nH]c(C)c2CO)c1. The van der Waals surface area contributed by atoms with Gasteiger partial charge in [0.05, 0.1) is 6.61 Å². The average molecular weight is 232 g/mol. The first-order valence-electron chi connectivity index (χ1n) is 5.53. The highest BCUT2D eigenvalue weighted by Crippen LogP contribution is 2.16. The average Bonchev–Trinajstić information content (AvgIpc) is 2.67. The summed E-state index contributed by atoms with van der Waals surface area (Å²) in [7, 11) is 0. The van der Waals surface area contributed by atoms with Crippen molar-refractivity contribution in [1.82, 2.24) is 10.2 Å². The molecule has 1 aromatic carbocycles. The maximum Gasteiger partial charge on any atom is 0.132 e. The fourth-order valence-electron chi connectivity index (χ4n) is 1.69. The van der Waals surface area contributed by atoms with Crippen molar-refractivity contribution in [3.63, 3.8) is 0 Å². The second-order valence-corrected chi connectivity index (χ2v) is 4.04. The van der Waals surface area contributed by atoms with Gasteiger partial charge < -0.3 is 9.84 Å². The number of aliphatic hydroxyl groups excluding tert-OH is 1. The first-order valence-corrected chi connectivity index (χ1v) is 5.53. The summed E-state index contributed by atoms with van der Waals surface area (Å²) in [5.41, 5.74) is 3.61. The van der Waals surface area contributed by atoms with E-state index in [1.54, 1.807) is 0 Å². The van der Waals surface area contributed by atoms with E-state index in [1.165, 1.54) is 0 Å². The van der Waals surface area contributed by atoms with E-state index in [-0.39, 0.29) is 6.61 Å². The minimum absolute atomic E-state index is 0.0190. The fourth-order valence-corrected chi connectivity index (χ4v) is 1.69. The second kappa shape index (κ2) is 5.01. The van der Waals surface area contributed by atoms with Crippen molar-refractivity contribution in [2.75, 3.05) is 0 Å². The molecule has 90 valence electrons. The van der Waals surface area contributed by atoms with Gasteiger partial charge in [-0.3, -0.25) is 5.10 Å². The van der Waals surface area contributed by atoms with Gasteiger partial charge in [-0.1, -0.05) is 12.1 Å². The highest BCUT2D eigenvalue weighted by Gasteiger charge is 2.09. The Bertz CT molecular complexity index is 506. The van der Waals surface area contributed by atoms with Crippen LogP contribution in [-0.4, -0.2) is 15.3 Å². The van der Waals surface area contributed by atoms with Crippen molar-refractivity contribution in [3.05, 3.63) is 46.8 Å². The van der Waals surface area contributed by atoms with Gasteiger partial charge >= 0.3 is 0 Å². The van der Waals surface area contributed by atoms with Crippen LogP contribution < -0.4 is 4.74 Å². The summed E-state index contributed by atoms with van der Waals surface area (Å²) in [4.78, 5) is 0. The van der Waals surface area contributed by atoms with Gasteiger partial charge in [0.25, 0.3) is 0 Å². The van der Waals surface area contributed by atoms with E-state index in [9.17, 15) is 5.11 Å². The van der Waals surface area contributed by atoms with Crippen LogP contribution in [0.25, 0.3) is 0 Å². The third-order valence-corrected chi connectivity index (χ3v) is 2.68. The molecule has 2 aromatic rings. The van der Waals surface area contributed by atoms with E-state index in [1.807, 2.05) is 38.1 Å². The number of benzene rings is 1. The molecule has 0 unspecified atom stereocenters. The van der Waals surface area contributed by atoms with Crippen LogP contribution in [0.15, 0.2) is 24.3 Å². The quantitative estimate of drug-likeness (QED) is 0.848. The minimum Gasteiger partial charge on any atom is -0.487 e. The molecule has 0 radical (unpaired) electrons. The van der Waals surface area contributed by atoms with Crippen LogP contribution >= 0.6 is 0 Å². The molecule has 0 atom stereocenters. The van der Waals surface area contributed by atoms with Crippen molar-refractivity contribution in [2.24, 2.45) is 0 Å². The van der Waals surface area contributed by atoms with Crippen LogP contribution in [0.5, 0.6) is 5.75 Å². The minimum atomic E-state index is -0.0190. The van der Waals surface area contributed by atoms with Crippen LogP contribution in [-0.2, 0) is 13.2 Å². The zero-order valence-corrected chi connectivity index (χ0v) is 10.0. The van der Waals surface area contributed by atoms with Crippen LogP contribution in [0.1, 0.15) is 22.5 Å². The van der Waals surface area contributed by atoms with Gasteiger partial charge in [0, 0.05) is 11.3 Å². The molecule has 0 amide bonds. The van der Waals surface area contributed by atoms with E-state index < -0.39 is 0 Å². The predicted octanol–water partition coefficient (Wildman–Crippen LogP) is 2.10. The summed E-state index contributed by atoms with van der Waals surface area (Å²) in [6, 6.07) is 7.85. The molecule has 17 heavy (non-hydrogen) atoms. The van der Waals surface area contributed by atoms with Crippen LogP contribution in [0.3, 0.4) is 0 Å². The van der Waals surface area contributed by atoms with E-state index in [4.69, 9.17) is 4.74 Å². The van der Waals surface area contributed by atoms with Crippen molar-refractivity contribution in [2.45, 2.75) is 27.1 Å². The van der Waals surface area contributed by atoms with Gasteiger partial charge in [0.15, 0.2) is 0 Å². The topological polar surface area (TPSA) is 58.1 Å². The number of aryl methyl sites for hydroxylation is 2. The lowest BCUT2D eigenvalue weighted by molar-refractivity contribution is 0.267. The molecule has 1 aromatic heterocycles. The van der Waals surface area contributed by atoms with Gasteiger partial charge in [-0.25, -0.2) is 0 Å². The number of aliphatic hydroxyl groups is 1. The maximum absolute atomic E-state index is 9.21. The Morgan fingerprint density at radius 1 is 1.35 bits per heavy atom. The fraction of sp³-hybridized carbons (Fsp3) is 0.308. The Morgan fingerprint density at radius 3 is 2.88 bits per heavy atom. The number of hydrogen-bond acceptors (Lipinski definition) is 3. The highest BCUT2D eigenvalue weighted by atomic mass is 16.5. The summed E-state index contributed by atoms with van der Waals surface area (Å²) >= 11 is 0. The van der Waals surface area contributed by atoms with E-state index in [2.05, 4.69) is 10.2 Å². The molecule has 0 spiro atoms. The predicted molar refractivity (Wildman–Crippen MR) is 64.8 cm³/mol. The molecule has 0 aliphatic heterocycles. The molecule has 2 rings (SSSR count). The molecule has 0 fully saturated rings. The lowest BCUT2D eigenvalue weighted by Gasteiger charge is -2.06. The lowest BCUT2D eigenvalue weighted by Crippen LogP contribution is -2.00. The van der Waals surface area contributed by atoms with Crippen molar-refractivity contribution < 1.29 is 9.84 Å². The molecule has 0 saturated carbocycles. The van der Waals surface area contributed by atoms with Gasteiger partial charge in [-0.2, -0.15) is 5.10 Å². The Kier molecular flexibility index (Phi) is 3.44. The number of H-pyrrole nitrogens is 1. The van der Waals surface area contributed by atoms with Crippen LogP contribution in [0.4, 0.5) is 0 Å². The standard InChI is InChI=1S/C13H16N2O2/c1-9-4-3-5-11(6-9)17-8-13-12(7-16)10(2)14-15-13/h3-6,16H,7-8H2,1-2H3,(H,14,15). The number of ether oxygens (including phenoxy) is 1. The molecular formula is C13H16N2O2. The van der Waals surface area contributed by atoms with Gasteiger partial charge in [0.2, 0.25) is 0 Å². The number of nitrogens with zero attached hydrogens (tertiary/aromatic N) is 1. The Morgan fingerprint density at radius 2 is 2.18 bits per heavy atom. The van der Waals surface area contributed by atoms with Crippen LogP contribution in [0.2, 0.25) is 0 Å². The molecule has 4 nitrogen and oxygen atoms in total. The van der Waals surface area contributed by atoms with Gasteiger partial charge in [0.1, 0.15) is 18.1 Å². The van der Waals surface area contributed by atoms with E-state index in [0.29, 0.717) is 6.61 Å². The number of nitrogens with one attached hydrogen (secondary N) is 1. The molecule has 0 aliphatic rings. The molecule has 0 bridgehead atoms. The zero-order chi connectivity index (χ0) is 12.3. The smallest absolute Gasteiger partial charge is 0.132 e. The molecule has 0 aliphatic carbocycles. The summed E-state index contributed by atoms with van der Waals surface area (Å²) in [5, 5.41) is 16.2. The zero-order valence-electron chi connectivity index (χ0n) is 10.0. The summed E-state index contributed by atoms with van der Waals surface area (Å²) in [5.74, 6) is 0.814. The number of aromatic nitrogens is 2. The number of rotatable bonds is 4. The van der Waals surface area contributed by atoms with E-state index in [0.717, 1.165) is 28.3 Å². The molecular weight excluding hydrogens is 216 g/mol. The Labute approximate surface area is 100 Å². The monoisotopic (exact) mass is 232 g/mol. The van der Waals surface area contributed by atoms with Crippen molar-refractivity contribution in [1.29, 1.82) is 0 Å². The summed E-state index contributed by atoms with van der Waals surface area (Å²) in [6.07, 6.45) is 0. The highest BCUT2D eigenvalue weighted by molar-refractivity contribution is 5.28. The molecule has 0 saturated heterocycles. The molecule has 4 heteroatoms. The Hall–Kier alpha value is -1.81. The largest absolute Gasteiger partial charge is 0.487 e. The first-order chi connectivity index (χ1) is 8.20. The molecule has 2 N–H and O–H groups in total. The summed E-state index contributed by atoms with van der Waals surface area (Å²) < 4.78 is 5.64. The third-order valence-electron chi connectivity index (χ3n) is 2.68. The van der Waals surface area contributed by atoms with Crippen LogP contribution in [0, 0.1) is 13.8 Å². The first kappa shape index (κ1) is 11.7. The third kappa shape index (κ3) is 2.65. The normalized spacial score (nSPS) is 10.5. The maximum atomic E-state index is 9.21. The van der Waals surface area contributed by atoms with Crippen molar-refractivity contribution in [3.8, 4) is 5.75 Å². The molecule has 1 heterocycles. The summed E-state index contributed by atoms with van der Waals surface area (Å²) in [6.45, 7) is 4.25. The number of hydrogen-bond donors (Lipinski definition) is 2. The van der Waals surface area contributed by atoms with E-state index >= 15 is 0 Å². The number of aromatic amines is 1. The second-order valence-electron chi connectivity index (χ2n) is 4.04. The van der Waals surface area contributed by atoms with Gasteiger partial charge in [-0.05, 0) is 31.5 Å². The van der Waals surface area contributed by atoms with Gasteiger partial charge in [-0.15, -0.1) is 0 Å². The lowest BCUT2D eigenvalue weighted by atomic mass is 10.2. The Balaban J connectivity index is 2.07.